The maximum absolute atomic E-state index is 11.6. The zero-order chi connectivity index (χ0) is 12.5. The fourth-order valence-corrected chi connectivity index (χ4v) is 2.73. The SMILES string of the molecule is CCS(=O)(=O)Nc1ccc(Br)c2ccccc12. The summed E-state index contributed by atoms with van der Waals surface area (Å²) in [5, 5.41) is 1.88. The van der Waals surface area contributed by atoms with Gasteiger partial charge in [0.1, 0.15) is 0 Å². The van der Waals surface area contributed by atoms with Gasteiger partial charge in [0.05, 0.1) is 11.4 Å². The number of fused-ring (bicyclic) bond motifs is 1. The molecule has 0 amide bonds. The largest absolute Gasteiger partial charge is 0.283 e. The molecule has 0 unspecified atom stereocenters. The normalized spacial score (nSPS) is 11.6. The van der Waals surface area contributed by atoms with Crippen molar-refractivity contribution in [2.24, 2.45) is 0 Å². The van der Waals surface area contributed by atoms with Crippen molar-refractivity contribution in [2.75, 3.05) is 10.5 Å². The molecule has 0 aromatic heterocycles. The van der Waals surface area contributed by atoms with E-state index in [4.69, 9.17) is 0 Å². The van der Waals surface area contributed by atoms with Crippen LogP contribution in [0.15, 0.2) is 40.9 Å². The van der Waals surface area contributed by atoms with Gasteiger partial charge in [-0.15, -0.1) is 0 Å². The average Bonchev–Trinajstić information content (AvgIpc) is 2.33. The second kappa shape index (κ2) is 4.66. The molecule has 0 aliphatic heterocycles. The minimum absolute atomic E-state index is 0.0669. The Morgan fingerprint density at radius 3 is 2.41 bits per heavy atom. The summed E-state index contributed by atoms with van der Waals surface area (Å²) in [6, 6.07) is 11.3. The topological polar surface area (TPSA) is 46.2 Å². The number of nitrogens with one attached hydrogen (secondary N) is 1. The van der Waals surface area contributed by atoms with Crippen molar-refractivity contribution in [1.29, 1.82) is 0 Å². The summed E-state index contributed by atoms with van der Waals surface area (Å²) in [6.45, 7) is 1.61. The highest BCUT2D eigenvalue weighted by Gasteiger charge is 2.10. The van der Waals surface area contributed by atoms with Crippen LogP contribution in [0.3, 0.4) is 0 Å². The van der Waals surface area contributed by atoms with E-state index >= 15 is 0 Å². The van der Waals surface area contributed by atoms with Gasteiger partial charge in [-0.05, 0) is 24.4 Å². The Kier molecular flexibility index (Phi) is 3.40. The standard InChI is InChI=1S/C12H12BrNO2S/c1-2-17(15,16)14-12-8-7-11(13)9-5-3-4-6-10(9)12/h3-8,14H,2H2,1H3. The highest BCUT2D eigenvalue weighted by molar-refractivity contribution is 9.10. The second-order valence-electron chi connectivity index (χ2n) is 3.65. The predicted octanol–water partition coefficient (Wildman–Crippen LogP) is 3.36. The molecule has 2 aromatic carbocycles. The lowest BCUT2D eigenvalue weighted by Crippen LogP contribution is -2.14. The molecule has 2 rings (SSSR count). The van der Waals surface area contributed by atoms with E-state index in [-0.39, 0.29) is 5.75 Å². The van der Waals surface area contributed by atoms with Crippen LogP contribution in [0.5, 0.6) is 0 Å². The number of benzene rings is 2. The third kappa shape index (κ3) is 2.61. The molecule has 0 bridgehead atoms. The number of hydrogen-bond acceptors (Lipinski definition) is 2. The zero-order valence-corrected chi connectivity index (χ0v) is 11.7. The molecule has 0 saturated carbocycles. The van der Waals surface area contributed by atoms with Gasteiger partial charge in [0.25, 0.3) is 0 Å². The smallest absolute Gasteiger partial charge is 0.232 e. The minimum atomic E-state index is -3.24. The van der Waals surface area contributed by atoms with Crippen molar-refractivity contribution >= 4 is 42.4 Å². The molecule has 17 heavy (non-hydrogen) atoms. The van der Waals surface area contributed by atoms with Gasteiger partial charge in [-0.25, -0.2) is 8.42 Å². The van der Waals surface area contributed by atoms with Crippen LogP contribution in [0, 0.1) is 0 Å². The highest BCUT2D eigenvalue weighted by atomic mass is 79.9. The summed E-state index contributed by atoms with van der Waals surface area (Å²) < 4.78 is 26.7. The molecule has 0 saturated heterocycles. The highest BCUT2D eigenvalue weighted by Crippen LogP contribution is 2.30. The van der Waals surface area contributed by atoms with Gasteiger partial charge in [-0.2, -0.15) is 0 Å². The van der Waals surface area contributed by atoms with Crippen molar-refractivity contribution < 1.29 is 8.42 Å². The van der Waals surface area contributed by atoms with Gasteiger partial charge in [0, 0.05) is 9.86 Å². The van der Waals surface area contributed by atoms with E-state index in [0.717, 1.165) is 15.2 Å². The van der Waals surface area contributed by atoms with Crippen LogP contribution in [-0.2, 0) is 10.0 Å². The first-order chi connectivity index (χ1) is 8.03. The van der Waals surface area contributed by atoms with Crippen LogP contribution in [-0.4, -0.2) is 14.2 Å². The molecular formula is C12H12BrNO2S. The summed E-state index contributed by atoms with van der Waals surface area (Å²) in [5.41, 5.74) is 0.616. The molecule has 0 atom stereocenters. The van der Waals surface area contributed by atoms with Gasteiger partial charge >= 0.3 is 0 Å². The van der Waals surface area contributed by atoms with Gasteiger partial charge < -0.3 is 0 Å². The fourth-order valence-electron chi connectivity index (χ4n) is 1.59. The molecule has 90 valence electrons. The Bertz CT molecular complexity index is 653. The van der Waals surface area contributed by atoms with Gasteiger partial charge in [-0.1, -0.05) is 40.2 Å². The molecule has 1 N–H and O–H groups in total. The molecule has 3 nitrogen and oxygen atoms in total. The van der Waals surface area contributed by atoms with Crippen molar-refractivity contribution in [3.63, 3.8) is 0 Å². The van der Waals surface area contributed by atoms with Crippen LogP contribution in [0.2, 0.25) is 0 Å². The lowest BCUT2D eigenvalue weighted by atomic mass is 10.1. The lowest BCUT2D eigenvalue weighted by Gasteiger charge is -2.10. The van der Waals surface area contributed by atoms with Crippen molar-refractivity contribution in [1.82, 2.24) is 0 Å². The van der Waals surface area contributed by atoms with Crippen LogP contribution < -0.4 is 4.72 Å². The molecule has 0 fully saturated rings. The number of hydrogen-bond donors (Lipinski definition) is 1. The van der Waals surface area contributed by atoms with E-state index in [1.807, 2.05) is 30.3 Å². The monoisotopic (exact) mass is 313 g/mol. The molecule has 0 aliphatic carbocycles. The van der Waals surface area contributed by atoms with E-state index in [1.165, 1.54) is 0 Å². The Hall–Kier alpha value is -1.07. The van der Waals surface area contributed by atoms with Crippen LogP contribution >= 0.6 is 15.9 Å². The maximum atomic E-state index is 11.6. The predicted molar refractivity (Wildman–Crippen MR) is 74.7 cm³/mol. The average molecular weight is 314 g/mol. The zero-order valence-electron chi connectivity index (χ0n) is 9.27. The van der Waals surface area contributed by atoms with Crippen LogP contribution in [0.25, 0.3) is 10.8 Å². The van der Waals surface area contributed by atoms with Gasteiger partial charge in [0.15, 0.2) is 0 Å². The first kappa shape index (κ1) is 12.4. The second-order valence-corrected chi connectivity index (χ2v) is 6.51. The fraction of sp³-hybridized carbons (Fsp3) is 0.167. The van der Waals surface area contributed by atoms with E-state index in [0.29, 0.717) is 5.69 Å². The van der Waals surface area contributed by atoms with Crippen LogP contribution in [0.4, 0.5) is 5.69 Å². The first-order valence-corrected chi connectivity index (χ1v) is 7.66. The number of anilines is 1. The molecule has 0 spiro atoms. The summed E-state index contributed by atoms with van der Waals surface area (Å²) in [7, 11) is -3.24. The molecule has 5 heteroatoms. The molecule has 0 aliphatic rings. The molecule has 0 heterocycles. The molecule has 0 radical (unpaired) electrons. The third-order valence-corrected chi connectivity index (χ3v) is 4.50. The number of halogens is 1. The third-order valence-electron chi connectivity index (χ3n) is 2.52. The van der Waals surface area contributed by atoms with Crippen molar-refractivity contribution in [3.05, 3.63) is 40.9 Å². The quantitative estimate of drug-likeness (QED) is 0.944. The van der Waals surface area contributed by atoms with Gasteiger partial charge in [0.2, 0.25) is 10.0 Å². The van der Waals surface area contributed by atoms with Crippen molar-refractivity contribution in [2.45, 2.75) is 6.92 Å². The Morgan fingerprint density at radius 2 is 1.76 bits per heavy atom. The summed E-state index contributed by atoms with van der Waals surface area (Å²) in [4.78, 5) is 0. The van der Waals surface area contributed by atoms with Crippen LogP contribution in [0.1, 0.15) is 6.92 Å². The summed E-state index contributed by atoms with van der Waals surface area (Å²) >= 11 is 3.45. The molecule has 2 aromatic rings. The summed E-state index contributed by atoms with van der Waals surface area (Å²) in [6.07, 6.45) is 0. The Labute approximate surface area is 109 Å². The van der Waals surface area contributed by atoms with E-state index < -0.39 is 10.0 Å². The lowest BCUT2D eigenvalue weighted by molar-refractivity contribution is 0.602. The van der Waals surface area contributed by atoms with Gasteiger partial charge in [-0.3, -0.25) is 4.72 Å². The van der Waals surface area contributed by atoms with E-state index in [2.05, 4.69) is 20.7 Å². The Morgan fingerprint density at radius 1 is 1.12 bits per heavy atom. The first-order valence-electron chi connectivity index (χ1n) is 5.21. The number of rotatable bonds is 3. The van der Waals surface area contributed by atoms with E-state index in [1.54, 1.807) is 13.0 Å². The molecular weight excluding hydrogens is 302 g/mol. The van der Waals surface area contributed by atoms with E-state index in [9.17, 15) is 8.42 Å². The Balaban J connectivity index is 2.60. The van der Waals surface area contributed by atoms with Crippen molar-refractivity contribution in [3.8, 4) is 0 Å². The minimum Gasteiger partial charge on any atom is -0.283 e. The maximum Gasteiger partial charge on any atom is 0.232 e. The summed E-state index contributed by atoms with van der Waals surface area (Å²) in [5.74, 6) is 0.0669. The number of sulfonamides is 1.